The molecular formula is C15H14N2O4S. The third kappa shape index (κ3) is 2.62. The van der Waals surface area contributed by atoms with E-state index in [1.54, 1.807) is 31.2 Å². The number of aromatic nitrogens is 1. The van der Waals surface area contributed by atoms with Gasteiger partial charge in [0.2, 0.25) is 0 Å². The lowest BCUT2D eigenvalue weighted by molar-refractivity contribution is 0.554. The molecule has 0 saturated heterocycles. The van der Waals surface area contributed by atoms with Gasteiger partial charge in [-0.05, 0) is 43.2 Å². The Hall–Kier alpha value is -2.54. The number of hydrogen-bond acceptors (Lipinski definition) is 4. The Kier molecular flexibility index (Phi) is 3.29. The van der Waals surface area contributed by atoms with Crippen LogP contribution in [0.25, 0.3) is 11.1 Å². The first-order valence-electron chi connectivity index (χ1n) is 6.58. The van der Waals surface area contributed by atoms with Gasteiger partial charge in [0.25, 0.3) is 10.0 Å². The molecule has 0 fully saturated rings. The molecule has 0 aliphatic heterocycles. The zero-order valence-corrected chi connectivity index (χ0v) is 12.8. The third-order valence-corrected chi connectivity index (χ3v) is 4.80. The zero-order chi connectivity index (χ0) is 15.9. The second kappa shape index (κ2) is 5.03. The molecule has 114 valence electrons. The maximum Gasteiger partial charge on any atom is 0.417 e. The second-order valence-corrected chi connectivity index (χ2v) is 6.75. The maximum atomic E-state index is 12.5. The maximum absolute atomic E-state index is 12.5. The fraction of sp³-hybridized carbons (Fsp3) is 0.133. The lowest BCUT2D eigenvalue weighted by atomic mass is 10.2. The van der Waals surface area contributed by atoms with E-state index < -0.39 is 15.8 Å². The van der Waals surface area contributed by atoms with E-state index in [9.17, 15) is 13.2 Å². The molecular weight excluding hydrogens is 304 g/mol. The van der Waals surface area contributed by atoms with E-state index in [1.807, 2.05) is 13.0 Å². The van der Waals surface area contributed by atoms with Gasteiger partial charge in [0, 0.05) is 11.8 Å². The van der Waals surface area contributed by atoms with Crippen LogP contribution in [0.3, 0.4) is 0 Å². The number of aryl methyl sites for hydroxylation is 2. The number of nitrogens with one attached hydrogen (secondary N) is 2. The molecule has 7 heteroatoms. The lowest BCUT2D eigenvalue weighted by Crippen LogP contribution is -2.14. The molecule has 6 nitrogen and oxygen atoms in total. The summed E-state index contributed by atoms with van der Waals surface area (Å²) in [6.07, 6.45) is 0. The Morgan fingerprint density at radius 3 is 2.64 bits per heavy atom. The SMILES string of the molecule is Cc1cccc(NS(=O)(=O)c2cc3oc(=O)[nH]c3cc2C)c1. The molecule has 1 aromatic heterocycles. The smallest absolute Gasteiger partial charge is 0.408 e. The summed E-state index contributed by atoms with van der Waals surface area (Å²) in [6.45, 7) is 3.54. The summed E-state index contributed by atoms with van der Waals surface area (Å²) in [7, 11) is -3.77. The molecule has 0 bridgehead atoms. The molecule has 1 heterocycles. The minimum absolute atomic E-state index is 0.0734. The minimum atomic E-state index is -3.77. The molecule has 0 radical (unpaired) electrons. The second-order valence-electron chi connectivity index (χ2n) is 5.10. The first-order valence-corrected chi connectivity index (χ1v) is 8.06. The van der Waals surface area contributed by atoms with Crippen molar-refractivity contribution < 1.29 is 12.8 Å². The van der Waals surface area contributed by atoms with E-state index in [0.717, 1.165) is 5.56 Å². The van der Waals surface area contributed by atoms with E-state index in [0.29, 0.717) is 16.8 Å². The molecule has 0 aliphatic rings. The molecule has 3 rings (SSSR count). The van der Waals surface area contributed by atoms with Crippen molar-refractivity contribution >= 4 is 26.8 Å². The van der Waals surface area contributed by atoms with Crippen LogP contribution in [0.2, 0.25) is 0 Å². The molecule has 0 spiro atoms. The molecule has 0 unspecified atom stereocenters. The predicted octanol–water partition coefficient (Wildman–Crippen LogP) is 2.54. The molecule has 2 N–H and O–H groups in total. The summed E-state index contributed by atoms with van der Waals surface area (Å²) in [5, 5.41) is 0. The largest absolute Gasteiger partial charge is 0.417 e. The Morgan fingerprint density at radius 1 is 1.14 bits per heavy atom. The van der Waals surface area contributed by atoms with Crippen molar-refractivity contribution in [3.8, 4) is 0 Å². The zero-order valence-electron chi connectivity index (χ0n) is 12.0. The monoisotopic (exact) mass is 318 g/mol. The van der Waals surface area contributed by atoms with Gasteiger partial charge < -0.3 is 4.42 Å². The number of anilines is 1. The van der Waals surface area contributed by atoms with E-state index in [4.69, 9.17) is 4.42 Å². The highest BCUT2D eigenvalue weighted by Crippen LogP contribution is 2.24. The van der Waals surface area contributed by atoms with Crippen LogP contribution in [0.15, 0.2) is 50.5 Å². The molecule has 22 heavy (non-hydrogen) atoms. The van der Waals surface area contributed by atoms with Gasteiger partial charge in [-0.3, -0.25) is 9.71 Å². The minimum Gasteiger partial charge on any atom is -0.408 e. The standard InChI is InChI=1S/C15H14N2O4S/c1-9-4-3-5-11(6-9)17-22(19,20)14-8-13-12(7-10(14)2)16-15(18)21-13/h3-8,17H,1-2H3,(H,16,18). The van der Waals surface area contributed by atoms with E-state index >= 15 is 0 Å². The number of rotatable bonds is 3. The Bertz CT molecular complexity index is 1020. The van der Waals surface area contributed by atoms with Gasteiger partial charge in [0.15, 0.2) is 5.58 Å². The first kappa shape index (κ1) is 14.4. The summed E-state index contributed by atoms with van der Waals surface area (Å²) in [6, 6.07) is 9.99. The highest BCUT2D eigenvalue weighted by atomic mass is 32.2. The average Bonchev–Trinajstić information content (AvgIpc) is 2.76. The fourth-order valence-corrected chi connectivity index (χ4v) is 3.59. The normalized spacial score (nSPS) is 11.7. The van der Waals surface area contributed by atoms with Crippen LogP contribution in [-0.4, -0.2) is 13.4 Å². The lowest BCUT2D eigenvalue weighted by Gasteiger charge is -2.10. The molecule has 0 aliphatic carbocycles. The number of hydrogen-bond donors (Lipinski definition) is 2. The van der Waals surface area contributed by atoms with Gasteiger partial charge in [-0.1, -0.05) is 12.1 Å². The Balaban J connectivity index is 2.08. The summed E-state index contributed by atoms with van der Waals surface area (Å²) in [4.78, 5) is 13.8. The van der Waals surface area contributed by atoms with Crippen molar-refractivity contribution in [3.05, 3.63) is 58.1 Å². The van der Waals surface area contributed by atoms with Gasteiger partial charge in [-0.25, -0.2) is 13.2 Å². The van der Waals surface area contributed by atoms with Crippen molar-refractivity contribution in [3.63, 3.8) is 0 Å². The summed E-state index contributed by atoms with van der Waals surface area (Å²) < 4.78 is 32.5. The fourth-order valence-electron chi connectivity index (χ4n) is 2.30. The summed E-state index contributed by atoms with van der Waals surface area (Å²) >= 11 is 0. The first-order chi connectivity index (χ1) is 10.3. The van der Waals surface area contributed by atoms with E-state index in [-0.39, 0.29) is 10.5 Å². The van der Waals surface area contributed by atoms with Gasteiger partial charge >= 0.3 is 5.76 Å². The number of benzene rings is 2. The van der Waals surface area contributed by atoms with Gasteiger partial charge in [-0.2, -0.15) is 0 Å². The van der Waals surface area contributed by atoms with E-state index in [2.05, 4.69) is 9.71 Å². The van der Waals surface area contributed by atoms with Crippen LogP contribution in [0.4, 0.5) is 5.69 Å². The van der Waals surface area contributed by atoms with Crippen LogP contribution < -0.4 is 10.5 Å². The summed E-state index contributed by atoms with van der Waals surface area (Å²) in [5.74, 6) is -0.615. The van der Waals surface area contributed by atoms with Crippen LogP contribution in [0.5, 0.6) is 0 Å². The van der Waals surface area contributed by atoms with Crippen molar-refractivity contribution in [1.29, 1.82) is 0 Å². The highest BCUT2D eigenvalue weighted by Gasteiger charge is 2.19. The van der Waals surface area contributed by atoms with Crippen molar-refractivity contribution in [2.45, 2.75) is 18.7 Å². The van der Waals surface area contributed by atoms with Gasteiger partial charge in [0.1, 0.15) is 0 Å². The number of H-pyrrole nitrogens is 1. The quantitative estimate of drug-likeness (QED) is 0.776. The van der Waals surface area contributed by atoms with Crippen LogP contribution in [-0.2, 0) is 10.0 Å². The predicted molar refractivity (Wildman–Crippen MR) is 83.6 cm³/mol. The van der Waals surface area contributed by atoms with Crippen LogP contribution >= 0.6 is 0 Å². The summed E-state index contributed by atoms with van der Waals surface area (Å²) in [5.41, 5.74) is 2.63. The molecule has 0 saturated carbocycles. The van der Waals surface area contributed by atoms with Crippen LogP contribution in [0.1, 0.15) is 11.1 Å². The third-order valence-electron chi connectivity index (χ3n) is 3.28. The molecule has 2 aromatic carbocycles. The number of aromatic amines is 1. The van der Waals surface area contributed by atoms with E-state index in [1.165, 1.54) is 6.07 Å². The topological polar surface area (TPSA) is 92.2 Å². The average molecular weight is 318 g/mol. The Morgan fingerprint density at radius 2 is 1.91 bits per heavy atom. The molecule has 3 aromatic rings. The van der Waals surface area contributed by atoms with Gasteiger partial charge in [-0.15, -0.1) is 0 Å². The van der Waals surface area contributed by atoms with Crippen molar-refractivity contribution in [2.75, 3.05) is 4.72 Å². The molecule has 0 atom stereocenters. The number of fused-ring (bicyclic) bond motifs is 1. The molecule has 0 amide bonds. The van der Waals surface area contributed by atoms with Gasteiger partial charge in [0.05, 0.1) is 10.4 Å². The highest BCUT2D eigenvalue weighted by molar-refractivity contribution is 7.92. The van der Waals surface area contributed by atoms with Crippen LogP contribution in [0, 0.1) is 13.8 Å². The van der Waals surface area contributed by atoms with Crippen molar-refractivity contribution in [1.82, 2.24) is 4.98 Å². The van der Waals surface area contributed by atoms with Crippen molar-refractivity contribution in [2.24, 2.45) is 0 Å². The number of sulfonamides is 1. The Labute approximate surface area is 126 Å². The number of oxazole rings is 1.